The lowest BCUT2D eigenvalue weighted by atomic mass is 9.85. The highest BCUT2D eigenvalue weighted by molar-refractivity contribution is 7.89. The van der Waals surface area contributed by atoms with Gasteiger partial charge in [0.1, 0.15) is 5.75 Å². The molecule has 0 heterocycles. The average Bonchev–Trinajstić information content (AvgIpc) is 2.67. The molecule has 4 nitrogen and oxygen atoms in total. The Bertz CT molecular complexity index is 723. The van der Waals surface area contributed by atoms with E-state index in [4.69, 9.17) is 4.74 Å². The Morgan fingerprint density at radius 2 is 1.73 bits per heavy atom. The van der Waals surface area contributed by atoms with Crippen molar-refractivity contribution in [2.24, 2.45) is 5.92 Å². The van der Waals surface area contributed by atoms with Gasteiger partial charge in [-0.25, -0.2) is 8.42 Å². The van der Waals surface area contributed by atoms with Gasteiger partial charge >= 0.3 is 0 Å². The third-order valence-corrected chi connectivity index (χ3v) is 8.40. The molecule has 0 spiro atoms. The lowest BCUT2D eigenvalue weighted by molar-refractivity contribution is 0.267. The fourth-order valence-corrected chi connectivity index (χ4v) is 6.33. The molecule has 0 saturated heterocycles. The SMILES string of the molecule is COc1ccc(S(=O)(=O)N(C)C(C)CC2CCCCC2)c2c1CCCC2. The summed E-state index contributed by atoms with van der Waals surface area (Å²) in [5.74, 6) is 1.50. The van der Waals surface area contributed by atoms with Gasteiger partial charge in [0, 0.05) is 13.1 Å². The van der Waals surface area contributed by atoms with Gasteiger partial charge in [-0.05, 0) is 68.2 Å². The molecule has 146 valence electrons. The quantitative estimate of drug-likeness (QED) is 0.728. The van der Waals surface area contributed by atoms with Crippen LogP contribution in [0.2, 0.25) is 0 Å². The molecule has 0 amide bonds. The van der Waals surface area contributed by atoms with Crippen LogP contribution < -0.4 is 4.74 Å². The van der Waals surface area contributed by atoms with E-state index in [9.17, 15) is 8.42 Å². The van der Waals surface area contributed by atoms with Crippen LogP contribution in [0.5, 0.6) is 5.75 Å². The minimum Gasteiger partial charge on any atom is -0.496 e. The van der Waals surface area contributed by atoms with Crippen LogP contribution in [-0.4, -0.2) is 32.9 Å². The summed E-state index contributed by atoms with van der Waals surface area (Å²) in [4.78, 5) is 0.492. The second-order valence-electron chi connectivity index (χ2n) is 8.04. The highest BCUT2D eigenvalue weighted by Crippen LogP contribution is 2.36. The van der Waals surface area contributed by atoms with Crippen LogP contribution >= 0.6 is 0 Å². The zero-order valence-corrected chi connectivity index (χ0v) is 17.3. The van der Waals surface area contributed by atoms with Gasteiger partial charge in [0.15, 0.2) is 0 Å². The maximum atomic E-state index is 13.4. The number of fused-ring (bicyclic) bond motifs is 1. The first-order valence-corrected chi connectivity index (χ1v) is 11.6. The Hall–Kier alpha value is -1.07. The second kappa shape index (κ2) is 8.30. The molecule has 2 aliphatic carbocycles. The molecule has 0 aromatic heterocycles. The fraction of sp³-hybridized carbons (Fsp3) is 0.714. The topological polar surface area (TPSA) is 46.6 Å². The van der Waals surface area contributed by atoms with Gasteiger partial charge in [0.25, 0.3) is 0 Å². The highest BCUT2D eigenvalue weighted by atomic mass is 32.2. The summed E-state index contributed by atoms with van der Waals surface area (Å²) in [6, 6.07) is 3.61. The maximum absolute atomic E-state index is 13.4. The molecule has 1 unspecified atom stereocenters. The molecule has 3 rings (SSSR count). The lowest BCUT2D eigenvalue weighted by Gasteiger charge is -2.31. The Morgan fingerprint density at radius 3 is 2.38 bits per heavy atom. The molecule has 2 aliphatic rings. The van der Waals surface area contributed by atoms with Crippen molar-refractivity contribution in [3.8, 4) is 5.75 Å². The van der Waals surface area contributed by atoms with Gasteiger partial charge in [-0.3, -0.25) is 0 Å². The Morgan fingerprint density at radius 1 is 1.08 bits per heavy atom. The van der Waals surface area contributed by atoms with E-state index in [1.807, 2.05) is 6.07 Å². The molecular weight excluding hydrogens is 346 g/mol. The summed E-state index contributed by atoms with van der Waals surface area (Å²) in [7, 11) is -0.0619. The molecular formula is C21H33NO3S. The van der Waals surface area contributed by atoms with E-state index in [1.54, 1.807) is 24.5 Å². The van der Waals surface area contributed by atoms with Gasteiger partial charge in [0.05, 0.1) is 12.0 Å². The summed E-state index contributed by atoms with van der Waals surface area (Å²) in [6.07, 6.45) is 11.2. The summed E-state index contributed by atoms with van der Waals surface area (Å²) in [5.41, 5.74) is 2.07. The Balaban J connectivity index is 1.85. The predicted octanol–water partition coefficient (Wildman–Crippen LogP) is 4.55. The molecule has 1 aromatic rings. The maximum Gasteiger partial charge on any atom is 0.243 e. The van der Waals surface area contributed by atoms with Gasteiger partial charge in [-0.15, -0.1) is 0 Å². The summed E-state index contributed by atoms with van der Waals surface area (Å²) < 4.78 is 33.8. The van der Waals surface area contributed by atoms with Gasteiger partial charge in [-0.1, -0.05) is 32.1 Å². The molecule has 1 saturated carbocycles. The van der Waals surface area contributed by atoms with E-state index >= 15 is 0 Å². The smallest absolute Gasteiger partial charge is 0.243 e. The number of hydrogen-bond donors (Lipinski definition) is 0. The Kier molecular flexibility index (Phi) is 6.29. The standard InChI is InChI=1S/C21H33NO3S/c1-16(15-17-9-5-4-6-10-17)22(2)26(23,24)21-14-13-20(25-3)18-11-7-8-12-19(18)21/h13-14,16-17H,4-12,15H2,1-3H3. The highest BCUT2D eigenvalue weighted by Gasteiger charge is 2.31. The van der Waals surface area contributed by atoms with Gasteiger partial charge in [0.2, 0.25) is 10.0 Å². The number of hydrogen-bond acceptors (Lipinski definition) is 3. The fourth-order valence-electron chi connectivity index (χ4n) is 4.68. The molecule has 0 radical (unpaired) electrons. The van der Waals surface area contributed by atoms with Crippen LogP contribution in [0.25, 0.3) is 0 Å². The van der Waals surface area contributed by atoms with E-state index in [0.717, 1.165) is 49.0 Å². The summed E-state index contributed by atoms with van der Waals surface area (Å²) in [6.45, 7) is 2.06. The van der Waals surface area contributed by atoms with Crippen LogP contribution in [-0.2, 0) is 22.9 Å². The van der Waals surface area contributed by atoms with Crippen LogP contribution in [0.4, 0.5) is 0 Å². The number of sulfonamides is 1. The van der Waals surface area contributed by atoms with Crippen molar-refractivity contribution in [3.63, 3.8) is 0 Å². The van der Waals surface area contributed by atoms with Gasteiger partial charge < -0.3 is 4.74 Å². The zero-order chi connectivity index (χ0) is 18.7. The van der Waals surface area contributed by atoms with Crippen molar-refractivity contribution < 1.29 is 13.2 Å². The van der Waals surface area contributed by atoms with Crippen molar-refractivity contribution in [3.05, 3.63) is 23.3 Å². The third kappa shape index (κ3) is 3.94. The summed E-state index contributed by atoms with van der Waals surface area (Å²) >= 11 is 0. The zero-order valence-electron chi connectivity index (χ0n) is 16.5. The normalized spacial score (nSPS) is 20.0. The van der Waals surface area contributed by atoms with Crippen molar-refractivity contribution in [1.82, 2.24) is 4.31 Å². The third-order valence-electron chi connectivity index (χ3n) is 6.35. The van der Waals surface area contributed by atoms with Crippen molar-refractivity contribution in [2.75, 3.05) is 14.2 Å². The van der Waals surface area contributed by atoms with Crippen LogP contribution in [0, 0.1) is 5.92 Å². The van der Waals surface area contributed by atoms with E-state index in [-0.39, 0.29) is 6.04 Å². The van der Waals surface area contributed by atoms with Crippen molar-refractivity contribution in [1.29, 1.82) is 0 Å². The summed E-state index contributed by atoms with van der Waals surface area (Å²) in [5, 5.41) is 0. The molecule has 5 heteroatoms. The van der Waals surface area contributed by atoms with E-state index in [0.29, 0.717) is 10.8 Å². The average molecular weight is 380 g/mol. The largest absolute Gasteiger partial charge is 0.496 e. The number of rotatable bonds is 6. The van der Waals surface area contributed by atoms with Crippen molar-refractivity contribution in [2.45, 2.75) is 82.1 Å². The molecule has 1 atom stereocenters. The number of nitrogens with zero attached hydrogens (tertiary/aromatic N) is 1. The van der Waals surface area contributed by atoms with Gasteiger partial charge in [-0.2, -0.15) is 4.31 Å². The predicted molar refractivity (Wildman–Crippen MR) is 105 cm³/mol. The first-order valence-electron chi connectivity index (χ1n) is 10.1. The van der Waals surface area contributed by atoms with E-state index < -0.39 is 10.0 Å². The number of ether oxygens (including phenoxy) is 1. The molecule has 0 N–H and O–H groups in total. The first-order chi connectivity index (χ1) is 12.4. The monoisotopic (exact) mass is 379 g/mol. The van der Waals surface area contributed by atoms with Crippen LogP contribution in [0.15, 0.2) is 17.0 Å². The molecule has 0 bridgehead atoms. The number of benzene rings is 1. The second-order valence-corrected chi connectivity index (χ2v) is 10.0. The molecule has 0 aliphatic heterocycles. The molecule has 1 aromatic carbocycles. The van der Waals surface area contributed by atoms with E-state index in [2.05, 4.69) is 6.92 Å². The molecule has 26 heavy (non-hydrogen) atoms. The van der Waals surface area contributed by atoms with Crippen LogP contribution in [0.3, 0.4) is 0 Å². The molecule has 1 fully saturated rings. The first kappa shape index (κ1) is 19.7. The lowest BCUT2D eigenvalue weighted by Crippen LogP contribution is -2.37. The Labute approximate surface area is 159 Å². The van der Waals surface area contributed by atoms with E-state index in [1.165, 1.54) is 32.1 Å². The minimum absolute atomic E-state index is 0.0319. The number of methoxy groups -OCH3 is 1. The van der Waals surface area contributed by atoms with Crippen molar-refractivity contribution >= 4 is 10.0 Å². The van der Waals surface area contributed by atoms with Crippen LogP contribution in [0.1, 0.15) is 69.4 Å². The minimum atomic E-state index is -3.48.